The average Bonchev–Trinajstić information content (AvgIpc) is 2.52. The van der Waals surface area contributed by atoms with Crippen molar-refractivity contribution >= 4 is 5.69 Å². The lowest BCUT2D eigenvalue weighted by Gasteiger charge is -2.40. The van der Waals surface area contributed by atoms with Gasteiger partial charge in [0.25, 0.3) is 5.69 Å². The molecule has 1 heterocycles. The van der Waals surface area contributed by atoms with Crippen LogP contribution in [0.1, 0.15) is 44.2 Å². The van der Waals surface area contributed by atoms with Gasteiger partial charge in [-0.1, -0.05) is 18.6 Å². The molecule has 2 rings (SSSR count). The Morgan fingerprint density at radius 3 is 2.71 bits per heavy atom. The molecule has 2 unspecified atom stereocenters. The maximum atomic E-state index is 10.7. The monoisotopic (exact) mass is 291 g/mol. The summed E-state index contributed by atoms with van der Waals surface area (Å²) in [5, 5.41) is 14.0. The van der Waals surface area contributed by atoms with Crippen LogP contribution < -0.4 is 5.32 Å². The van der Waals surface area contributed by atoms with Gasteiger partial charge in [-0.3, -0.25) is 15.0 Å². The molecule has 2 atom stereocenters. The Kier molecular flexibility index (Phi) is 5.70. The highest BCUT2D eigenvalue weighted by atomic mass is 16.6. The Balaban J connectivity index is 2.08. The second-order valence-corrected chi connectivity index (χ2v) is 5.80. The van der Waals surface area contributed by atoms with Crippen LogP contribution in [0, 0.1) is 10.1 Å². The largest absolute Gasteiger partial charge is 0.320 e. The molecule has 0 saturated carbocycles. The van der Waals surface area contributed by atoms with Crippen LogP contribution in [0.4, 0.5) is 5.69 Å². The van der Waals surface area contributed by atoms with Crippen LogP contribution in [0.5, 0.6) is 0 Å². The number of hydrogen-bond donors (Lipinski definition) is 1. The van der Waals surface area contributed by atoms with E-state index >= 15 is 0 Å². The fourth-order valence-corrected chi connectivity index (χ4v) is 3.22. The van der Waals surface area contributed by atoms with Gasteiger partial charge in [0, 0.05) is 24.2 Å². The number of piperidine rings is 1. The lowest BCUT2D eigenvalue weighted by Crippen LogP contribution is -2.42. The van der Waals surface area contributed by atoms with Crippen molar-refractivity contribution in [3.05, 3.63) is 39.9 Å². The Hall–Kier alpha value is -1.46. The maximum Gasteiger partial charge on any atom is 0.269 e. The zero-order valence-corrected chi connectivity index (χ0v) is 12.9. The van der Waals surface area contributed by atoms with E-state index in [4.69, 9.17) is 0 Å². The van der Waals surface area contributed by atoms with Gasteiger partial charge in [-0.15, -0.1) is 0 Å². The van der Waals surface area contributed by atoms with Gasteiger partial charge in [-0.2, -0.15) is 0 Å². The summed E-state index contributed by atoms with van der Waals surface area (Å²) in [7, 11) is 1.99. The van der Waals surface area contributed by atoms with Crippen LogP contribution in [0.15, 0.2) is 24.3 Å². The lowest BCUT2D eigenvalue weighted by atomic mass is 9.95. The molecule has 5 nitrogen and oxygen atoms in total. The molecule has 1 aromatic carbocycles. The standard InChI is InChI=1S/C16H25N3O2/c1-13(14-6-8-16(9-7-14)19(20)21)18-12-4-3-5-15(18)10-11-17-2/h6-9,13,15,17H,3-5,10-12H2,1-2H3. The third kappa shape index (κ3) is 4.02. The van der Waals surface area contributed by atoms with Gasteiger partial charge < -0.3 is 5.32 Å². The maximum absolute atomic E-state index is 10.7. The van der Waals surface area contributed by atoms with E-state index < -0.39 is 0 Å². The van der Waals surface area contributed by atoms with Crippen molar-refractivity contribution in [2.45, 2.75) is 44.7 Å². The first kappa shape index (κ1) is 15.9. The predicted molar refractivity (Wildman–Crippen MR) is 84.4 cm³/mol. The third-order valence-electron chi connectivity index (χ3n) is 4.48. The van der Waals surface area contributed by atoms with Gasteiger partial charge in [0.05, 0.1) is 4.92 Å². The van der Waals surface area contributed by atoms with E-state index in [2.05, 4.69) is 17.1 Å². The van der Waals surface area contributed by atoms with Crippen molar-refractivity contribution in [3.8, 4) is 0 Å². The number of benzene rings is 1. The van der Waals surface area contributed by atoms with Crippen molar-refractivity contribution in [2.24, 2.45) is 0 Å². The zero-order valence-electron chi connectivity index (χ0n) is 12.9. The normalized spacial score (nSPS) is 21.1. The van der Waals surface area contributed by atoms with Gasteiger partial charge in [0.15, 0.2) is 0 Å². The van der Waals surface area contributed by atoms with Gasteiger partial charge in [0.2, 0.25) is 0 Å². The number of non-ortho nitro benzene ring substituents is 1. The molecule has 0 spiro atoms. The lowest BCUT2D eigenvalue weighted by molar-refractivity contribution is -0.384. The summed E-state index contributed by atoms with van der Waals surface area (Å²) in [5.74, 6) is 0. The average molecular weight is 291 g/mol. The number of nitro benzene ring substituents is 1. The number of nitrogens with one attached hydrogen (secondary N) is 1. The summed E-state index contributed by atoms with van der Waals surface area (Å²) in [4.78, 5) is 13.0. The Labute approximate surface area is 126 Å². The summed E-state index contributed by atoms with van der Waals surface area (Å²) in [5.41, 5.74) is 1.33. The molecule has 0 radical (unpaired) electrons. The van der Waals surface area contributed by atoms with Gasteiger partial charge in [-0.25, -0.2) is 0 Å². The van der Waals surface area contributed by atoms with Crippen molar-refractivity contribution < 1.29 is 4.92 Å². The molecule has 21 heavy (non-hydrogen) atoms. The Morgan fingerprint density at radius 2 is 2.10 bits per heavy atom. The molecule has 1 saturated heterocycles. The molecule has 1 aliphatic rings. The molecule has 1 aliphatic heterocycles. The van der Waals surface area contributed by atoms with Crippen LogP contribution in [0.25, 0.3) is 0 Å². The summed E-state index contributed by atoms with van der Waals surface area (Å²) >= 11 is 0. The number of likely N-dealkylation sites (tertiary alicyclic amines) is 1. The summed E-state index contributed by atoms with van der Waals surface area (Å²) in [6.45, 7) is 4.36. The van der Waals surface area contributed by atoms with E-state index in [1.54, 1.807) is 12.1 Å². The molecule has 0 bridgehead atoms. The second kappa shape index (κ2) is 7.52. The highest BCUT2D eigenvalue weighted by molar-refractivity contribution is 5.34. The van der Waals surface area contributed by atoms with Crippen molar-refractivity contribution in [2.75, 3.05) is 20.1 Å². The van der Waals surface area contributed by atoms with Gasteiger partial charge in [-0.05, 0) is 51.9 Å². The molecule has 116 valence electrons. The van der Waals surface area contributed by atoms with E-state index in [-0.39, 0.29) is 10.6 Å². The molecule has 5 heteroatoms. The SMILES string of the molecule is CNCCC1CCCCN1C(C)c1ccc([N+](=O)[O-])cc1. The first-order valence-electron chi connectivity index (χ1n) is 7.78. The minimum Gasteiger partial charge on any atom is -0.320 e. The minimum atomic E-state index is -0.342. The highest BCUT2D eigenvalue weighted by Crippen LogP contribution is 2.30. The Bertz CT molecular complexity index is 461. The van der Waals surface area contributed by atoms with Crippen LogP contribution in [0.3, 0.4) is 0 Å². The summed E-state index contributed by atoms with van der Waals surface area (Å²) < 4.78 is 0. The first-order chi connectivity index (χ1) is 10.1. The molecular weight excluding hydrogens is 266 g/mol. The molecule has 0 amide bonds. The second-order valence-electron chi connectivity index (χ2n) is 5.80. The van der Waals surface area contributed by atoms with E-state index in [0.717, 1.165) is 25.1 Å². The van der Waals surface area contributed by atoms with Gasteiger partial charge >= 0.3 is 0 Å². The number of nitro groups is 1. The molecule has 1 aromatic rings. The molecular formula is C16H25N3O2. The number of nitrogens with zero attached hydrogens (tertiary/aromatic N) is 2. The van der Waals surface area contributed by atoms with Crippen molar-refractivity contribution in [1.29, 1.82) is 0 Å². The van der Waals surface area contributed by atoms with Crippen LogP contribution in [0.2, 0.25) is 0 Å². The number of rotatable bonds is 6. The minimum absolute atomic E-state index is 0.163. The zero-order chi connectivity index (χ0) is 15.2. The first-order valence-corrected chi connectivity index (χ1v) is 7.78. The number of hydrogen-bond acceptors (Lipinski definition) is 4. The van der Waals surface area contributed by atoms with E-state index in [1.165, 1.54) is 19.3 Å². The van der Waals surface area contributed by atoms with Crippen LogP contribution in [-0.4, -0.2) is 36.0 Å². The smallest absolute Gasteiger partial charge is 0.269 e. The van der Waals surface area contributed by atoms with Crippen molar-refractivity contribution in [3.63, 3.8) is 0 Å². The van der Waals surface area contributed by atoms with E-state index in [0.29, 0.717) is 12.1 Å². The fraction of sp³-hybridized carbons (Fsp3) is 0.625. The molecule has 1 N–H and O–H groups in total. The molecule has 1 fully saturated rings. The van der Waals surface area contributed by atoms with E-state index in [1.807, 2.05) is 19.2 Å². The topological polar surface area (TPSA) is 58.4 Å². The summed E-state index contributed by atoms with van der Waals surface area (Å²) in [6, 6.07) is 7.93. The quantitative estimate of drug-likeness (QED) is 0.646. The third-order valence-corrected chi connectivity index (χ3v) is 4.48. The van der Waals surface area contributed by atoms with E-state index in [9.17, 15) is 10.1 Å². The van der Waals surface area contributed by atoms with Crippen molar-refractivity contribution in [1.82, 2.24) is 10.2 Å². The highest BCUT2D eigenvalue weighted by Gasteiger charge is 2.27. The summed E-state index contributed by atoms with van der Waals surface area (Å²) in [6.07, 6.45) is 4.96. The molecule has 0 aliphatic carbocycles. The van der Waals surface area contributed by atoms with Gasteiger partial charge in [0.1, 0.15) is 0 Å². The van der Waals surface area contributed by atoms with Crippen LogP contribution in [-0.2, 0) is 0 Å². The fourth-order valence-electron chi connectivity index (χ4n) is 3.22. The molecule has 0 aromatic heterocycles. The van der Waals surface area contributed by atoms with Crippen LogP contribution >= 0.6 is 0 Å². The Morgan fingerprint density at radius 1 is 1.38 bits per heavy atom. The predicted octanol–water partition coefficient (Wildman–Crippen LogP) is 3.12.